The molecule has 11 nitrogen and oxygen atoms in total. The number of rotatable bonds is 36. The SMILES string of the molecule is CCCCCc1cc(C)c(CCCCCCCCCCC(=O)OCC(COP(=O)(O)OCC[N+](C)(C)C)OC(=O)CCCCCCCCc2oc(CCC)c(C)c2C)o1. The van der Waals surface area contributed by atoms with Crippen LogP contribution >= 0.6 is 7.82 Å². The molecule has 0 saturated carbocycles. The van der Waals surface area contributed by atoms with Gasteiger partial charge in [-0.1, -0.05) is 90.9 Å². The first kappa shape index (κ1) is 52.7. The zero-order valence-corrected chi connectivity index (χ0v) is 39.4. The number of ether oxygens (including phenoxy) is 2. The second-order valence-electron chi connectivity index (χ2n) is 17.6. The van der Waals surface area contributed by atoms with Gasteiger partial charge < -0.3 is 27.7 Å². The highest BCUT2D eigenvalue weighted by Gasteiger charge is 2.27. The summed E-state index contributed by atoms with van der Waals surface area (Å²) in [6, 6.07) is 2.21. The highest BCUT2D eigenvalue weighted by molar-refractivity contribution is 7.47. The normalized spacial score (nSPS) is 13.4. The summed E-state index contributed by atoms with van der Waals surface area (Å²) in [4.78, 5) is 35.6. The Labute approximate surface area is 357 Å². The molecule has 12 heteroatoms. The van der Waals surface area contributed by atoms with Gasteiger partial charge in [-0.25, -0.2) is 4.57 Å². The van der Waals surface area contributed by atoms with Crippen molar-refractivity contribution in [2.24, 2.45) is 0 Å². The number of carbonyl (C=O) groups excluding carboxylic acids is 2. The maximum Gasteiger partial charge on any atom is 0.472 e. The maximum absolute atomic E-state index is 12.8. The molecule has 0 aromatic carbocycles. The van der Waals surface area contributed by atoms with Crippen molar-refractivity contribution >= 4 is 19.8 Å². The Bertz CT molecular complexity index is 1490. The average Bonchev–Trinajstić information content (AvgIpc) is 3.66. The van der Waals surface area contributed by atoms with Gasteiger partial charge in [0.15, 0.2) is 6.10 Å². The molecule has 0 spiro atoms. The van der Waals surface area contributed by atoms with Crippen LogP contribution in [0.25, 0.3) is 0 Å². The molecule has 2 rings (SSSR count). The Balaban J connectivity index is 1.65. The molecule has 0 radical (unpaired) electrons. The standard InChI is InChI=1S/C47H82NO10P/c1-9-11-22-28-41-35-38(3)43(56-41)29-23-18-14-12-13-15-20-25-31-46(49)53-36-42(37-55-59(51,52)54-34-33-48(6,7)8)57-47(50)32-26-21-17-16-19-24-30-45-40(5)39(4)44(58-45)27-10-2/h35,42H,9-34,36-37H2,1-8H3/p+1. The fraction of sp³-hybridized carbons (Fsp3) is 0.787. The van der Waals surface area contributed by atoms with Crippen molar-refractivity contribution in [2.45, 2.75) is 195 Å². The first-order valence-electron chi connectivity index (χ1n) is 23.1. The van der Waals surface area contributed by atoms with Crippen molar-refractivity contribution in [3.8, 4) is 0 Å². The van der Waals surface area contributed by atoms with Crippen LogP contribution in [-0.2, 0) is 58.4 Å². The van der Waals surface area contributed by atoms with Crippen molar-refractivity contribution in [1.82, 2.24) is 0 Å². The molecule has 0 fully saturated rings. The highest BCUT2D eigenvalue weighted by atomic mass is 31.2. The van der Waals surface area contributed by atoms with Crippen LogP contribution in [0.15, 0.2) is 14.9 Å². The van der Waals surface area contributed by atoms with Gasteiger partial charge in [-0.05, 0) is 82.1 Å². The second-order valence-corrected chi connectivity index (χ2v) is 19.0. The maximum atomic E-state index is 12.8. The van der Waals surface area contributed by atoms with Gasteiger partial charge in [0.1, 0.15) is 42.8 Å². The first-order chi connectivity index (χ1) is 28.1. The molecule has 2 heterocycles. The van der Waals surface area contributed by atoms with E-state index in [2.05, 4.69) is 40.7 Å². The molecular weight excluding hydrogens is 769 g/mol. The third-order valence-corrected chi connectivity index (χ3v) is 11.9. The Kier molecular flexibility index (Phi) is 26.6. The lowest BCUT2D eigenvalue weighted by atomic mass is 10.0. The van der Waals surface area contributed by atoms with Crippen molar-refractivity contribution < 1.29 is 50.9 Å². The average molecular weight is 853 g/mol. The van der Waals surface area contributed by atoms with E-state index < -0.39 is 32.5 Å². The quantitative estimate of drug-likeness (QED) is 0.0305. The Morgan fingerprint density at radius 1 is 0.644 bits per heavy atom. The number of hydrogen-bond donors (Lipinski definition) is 1. The van der Waals surface area contributed by atoms with Crippen LogP contribution in [0.5, 0.6) is 0 Å². The van der Waals surface area contributed by atoms with E-state index in [0.29, 0.717) is 23.9 Å². The smallest absolute Gasteiger partial charge is 0.466 e. The minimum atomic E-state index is -4.40. The number of hydrogen-bond acceptors (Lipinski definition) is 9. The molecule has 2 aromatic heterocycles. The first-order valence-corrected chi connectivity index (χ1v) is 24.6. The summed E-state index contributed by atoms with van der Waals surface area (Å²) in [5, 5.41) is 0. The monoisotopic (exact) mass is 853 g/mol. The molecule has 2 atom stereocenters. The van der Waals surface area contributed by atoms with Gasteiger partial charge in [0.05, 0.1) is 27.7 Å². The van der Waals surface area contributed by atoms with E-state index >= 15 is 0 Å². The molecule has 340 valence electrons. The minimum absolute atomic E-state index is 0.0181. The molecule has 2 unspecified atom stereocenters. The summed E-state index contributed by atoms with van der Waals surface area (Å²) in [5.74, 6) is 3.66. The van der Waals surface area contributed by atoms with Crippen LogP contribution in [0.1, 0.15) is 182 Å². The van der Waals surface area contributed by atoms with Crippen LogP contribution < -0.4 is 0 Å². The lowest BCUT2D eigenvalue weighted by Gasteiger charge is -2.24. The van der Waals surface area contributed by atoms with Gasteiger partial charge in [0.2, 0.25) is 0 Å². The van der Waals surface area contributed by atoms with Crippen molar-refractivity contribution in [3.05, 3.63) is 45.8 Å². The zero-order valence-electron chi connectivity index (χ0n) is 38.5. The fourth-order valence-electron chi connectivity index (χ4n) is 7.08. The lowest BCUT2D eigenvalue weighted by molar-refractivity contribution is -0.870. The van der Waals surface area contributed by atoms with Crippen molar-refractivity contribution in [2.75, 3.05) is 47.5 Å². The molecule has 0 aliphatic carbocycles. The third kappa shape index (κ3) is 24.6. The Morgan fingerprint density at radius 3 is 1.75 bits per heavy atom. The van der Waals surface area contributed by atoms with E-state index in [1.165, 1.54) is 55.2 Å². The summed E-state index contributed by atoms with van der Waals surface area (Å²) < 4.78 is 46.7. The predicted molar refractivity (Wildman–Crippen MR) is 236 cm³/mol. The molecule has 59 heavy (non-hydrogen) atoms. The topological polar surface area (TPSA) is 135 Å². The molecule has 0 amide bonds. The summed E-state index contributed by atoms with van der Waals surface area (Å²) in [6.45, 7) is 10.7. The molecule has 0 aliphatic heterocycles. The van der Waals surface area contributed by atoms with E-state index in [1.807, 2.05) is 21.1 Å². The molecule has 0 saturated heterocycles. The Morgan fingerprint density at radius 2 is 1.17 bits per heavy atom. The van der Waals surface area contributed by atoms with E-state index in [0.717, 1.165) is 113 Å². The van der Waals surface area contributed by atoms with E-state index in [-0.39, 0.29) is 26.1 Å². The lowest BCUT2D eigenvalue weighted by Crippen LogP contribution is -2.37. The van der Waals surface area contributed by atoms with Gasteiger partial charge >= 0.3 is 19.8 Å². The molecule has 2 aromatic rings. The van der Waals surface area contributed by atoms with Gasteiger partial charge in [-0.2, -0.15) is 0 Å². The van der Waals surface area contributed by atoms with Gasteiger partial charge in [0.25, 0.3) is 0 Å². The highest BCUT2D eigenvalue weighted by Crippen LogP contribution is 2.43. The van der Waals surface area contributed by atoms with Crippen LogP contribution in [0, 0.1) is 20.8 Å². The van der Waals surface area contributed by atoms with Crippen molar-refractivity contribution in [3.63, 3.8) is 0 Å². The van der Waals surface area contributed by atoms with Crippen LogP contribution in [0.4, 0.5) is 0 Å². The number of likely N-dealkylation sites (N-methyl/N-ethyl adjacent to an activating group) is 1. The summed E-state index contributed by atoms with van der Waals surface area (Å²) in [7, 11) is 1.43. The summed E-state index contributed by atoms with van der Waals surface area (Å²) in [5.41, 5.74) is 3.85. The Hall–Kier alpha value is -2.43. The number of aryl methyl sites for hydroxylation is 5. The summed E-state index contributed by atoms with van der Waals surface area (Å²) in [6.07, 6.45) is 22.5. The number of nitrogens with zero attached hydrogens (tertiary/aromatic N) is 1. The van der Waals surface area contributed by atoms with Gasteiger partial charge in [-0.3, -0.25) is 18.6 Å². The van der Waals surface area contributed by atoms with E-state index in [9.17, 15) is 19.0 Å². The van der Waals surface area contributed by atoms with Crippen LogP contribution in [0.3, 0.4) is 0 Å². The van der Waals surface area contributed by atoms with Crippen molar-refractivity contribution in [1.29, 1.82) is 0 Å². The molecule has 1 N–H and O–H groups in total. The second kappa shape index (κ2) is 29.8. The minimum Gasteiger partial charge on any atom is -0.466 e. The number of furan rings is 2. The van der Waals surface area contributed by atoms with Crippen LogP contribution in [-0.4, -0.2) is 74.9 Å². The number of unbranched alkanes of at least 4 members (excludes halogenated alkanes) is 14. The molecule has 0 bridgehead atoms. The van der Waals surface area contributed by atoms with Gasteiger partial charge in [0, 0.05) is 38.5 Å². The van der Waals surface area contributed by atoms with E-state index in [1.54, 1.807) is 0 Å². The zero-order chi connectivity index (χ0) is 43.5. The third-order valence-electron chi connectivity index (χ3n) is 11.0. The largest absolute Gasteiger partial charge is 0.472 e. The predicted octanol–water partition coefficient (Wildman–Crippen LogP) is 11.8. The fourth-order valence-corrected chi connectivity index (χ4v) is 7.82. The molecule has 0 aliphatic rings. The van der Waals surface area contributed by atoms with Crippen LogP contribution in [0.2, 0.25) is 0 Å². The number of quaternary nitrogens is 1. The number of phosphoric acid groups is 1. The number of esters is 2. The number of phosphoric ester groups is 1. The van der Waals surface area contributed by atoms with Gasteiger partial charge in [-0.15, -0.1) is 0 Å². The van der Waals surface area contributed by atoms with E-state index in [4.69, 9.17) is 27.4 Å². The summed E-state index contributed by atoms with van der Waals surface area (Å²) >= 11 is 0. The number of carbonyl (C=O) groups is 2. The molecular formula is C47H83NO10P+.